The van der Waals surface area contributed by atoms with Crippen LogP contribution in [0.4, 0.5) is 90.7 Å². The van der Waals surface area contributed by atoms with Crippen LogP contribution in [-0.4, -0.2) is 139 Å². The molecule has 4 N–H and O–H groups in total. The van der Waals surface area contributed by atoms with Crippen molar-refractivity contribution >= 4 is 88.5 Å². The number of amides is 2. The van der Waals surface area contributed by atoms with E-state index in [0.29, 0.717) is 58.2 Å². The van der Waals surface area contributed by atoms with Crippen LogP contribution in [-0.2, 0) is 80.5 Å². The number of halogens is 20. The standard InChI is InChI=1S/C37H28ClF9N10O5S.C37H28ClF9N10O4S/c1-62-25-5-6-48-33(51-25)21-12-26(59)57(23-4-3-20(38)28-30(23)56(14-36(43,44)45)53-34(28)54-63(2,60)61)35(50-21)22(9-15-7-16(39)10-17(40)8-15)49-24(58)13-55-31-27(29(52-55)32(41)42)18-11-19(18)37(31,46)47;1-15-5-6-48-33(49-15)22-12-26(59)57(24-4-3-21(38)28-30(24)56(14-36(43,44)45)53-34(28)54-62(2,60)61)35(51-22)23(9-16-7-17(39)10-18(40)8-16)50-25(58)13-55-31-27(29(52-55)32(41)42)19-11-20(19)37(31,46)47/h3-8,10,12,18-19,22,32H,9,11,13-14H2,1-2H3,(H,49,58)(H,53,54);3-8,10,12,19-20,23,32H,9,11,13-14H2,1-2H3,(H,50,58)(H,53,54)/t18-,19+,22-;19-,20+,23-/m00/s1. The molecule has 0 unspecified atom stereocenters. The molecule has 0 aliphatic heterocycles. The van der Waals surface area contributed by atoms with Gasteiger partial charge >= 0.3 is 12.4 Å². The predicted octanol–water partition coefficient (Wildman–Crippen LogP) is 13.0. The first-order valence-electron chi connectivity index (χ1n) is 36.5. The number of rotatable bonds is 25. The summed E-state index contributed by atoms with van der Waals surface area (Å²) >= 11 is 12.9. The second kappa shape index (κ2) is 32.0. The third-order valence-corrected chi connectivity index (χ3v) is 22.0. The highest BCUT2D eigenvalue weighted by Crippen LogP contribution is 2.69. The van der Waals surface area contributed by atoms with E-state index in [9.17, 15) is 97.5 Å². The molecule has 0 spiro atoms. The number of sulfonamides is 2. The molecule has 2 saturated carbocycles. The zero-order valence-corrected chi connectivity index (χ0v) is 66.9. The summed E-state index contributed by atoms with van der Waals surface area (Å²) in [4.78, 5) is 82.8. The number of fused-ring (bicyclic) bond motifs is 8. The Bertz CT molecular complexity index is 6770. The van der Waals surface area contributed by atoms with Gasteiger partial charge in [0.1, 0.15) is 95.3 Å². The number of carbonyl (C=O) groups excluding carboxylic acids is 2. The number of alkyl halides is 14. The highest BCUT2D eigenvalue weighted by molar-refractivity contribution is 7.92. The number of benzene rings is 4. The highest BCUT2D eigenvalue weighted by atomic mass is 35.5. The first-order chi connectivity index (χ1) is 58.5. The van der Waals surface area contributed by atoms with Crippen molar-refractivity contribution in [2.75, 3.05) is 29.1 Å². The molecule has 29 nitrogen and oxygen atoms in total. The van der Waals surface area contributed by atoms with Crippen molar-refractivity contribution in [1.29, 1.82) is 0 Å². The summed E-state index contributed by atoms with van der Waals surface area (Å²) in [5.74, 6) is -21.5. The number of hydrogen-bond acceptors (Lipinski definition) is 19. The van der Waals surface area contributed by atoms with Crippen molar-refractivity contribution in [3.63, 3.8) is 0 Å². The quantitative estimate of drug-likeness (QED) is 0.0386. The van der Waals surface area contributed by atoms with Crippen molar-refractivity contribution in [3.8, 4) is 40.3 Å². The van der Waals surface area contributed by atoms with Crippen molar-refractivity contribution in [2.24, 2.45) is 11.8 Å². The third-order valence-electron chi connectivity index (χ3n) is 20.3. The van der Waals surface area contributed by atoms with Crippen molar-refractivity contribution in [1.82, 2.24) is 88.8 Å². The number of aromatic nitrogens is 16. The Labute approximate surface area is 698 Å². The molecule has 2 fully saturated rings. The van der Waals surface area contributed by atoms with Gasteiger partial charge in [-0.1, -0.05) is 23.2 Å². The number of ether oxygens (including phenoxy) is 1. The summed E-state index contributed by atoms with van der Waals surface area (Å²) in [7, 11) is -7.20. The summed E-state index contributed by atoms with van der Waals surface area (Å²) in [6.45, 7) is -4.42. The molecule has 2 amide bonds. The number of nitrogens with one attached hydrogen (secondary N) is 4. The maximum absolute atomic E-state index is 15.5. The van der Waals surface area contributed by atoms with Gasteiger partial charge in [0.05, 0.1) is 74.9 Å². The Balaban J connectivity index is 0.000000193. The van der Waals surface area contributed by atoms with Gasteiger partial charge in [0.25, 0.3) is 35.8 Å². The van der Waals surface area contributed by atoms with E-state index in [0.717, 1.165) is 60.7 Å². The van der Waals surface area contributed by atoms with Gasteiger partial charge in [-0.2, -0.15) is 69.3 Å². The fraction of sp³-hybridized carbons (Fsp3) is 0.324. The van der Waals surface area contributed by atoms with E-state index in [1.165, 1.54) is 31.6 Å². The summed E-state index contributed by atoms with van der Waals surface area (Å²) in [6.07, 6.45) is -14.2. The minimum absolute atomic E-state index is 0.0293. The van der Waals surface area contributed by atoms with Crippen LogP contribution in [0, 0.1) is 42.0 Å². The van der Waals surface area contributed by atoms with Gasteiger partial charge in [-0.15, -0.1) is 0 Å². The Kier molecular flexibility index (Phi) is 22.5. The molecular formula is C74H56Cl2F18N20O9S2. The number of carbonyl (C=O) groups is 2. The van der Waals surface area contributed by atoms with Crippen LogP contribution < -0.4 is 35.9 Å². The first-order valence-corrected chi connectivity index (χ1v) is 41.0. The lowest BCUT2D eigenvalue weighted by atomic mass is 10.0. The molecule has 12 aromatic rings. The Hall–Kier alpha value is -12.3. The van der Waals surface area contributed by atoms with E-state index in [1.54, 1.807) is 6.92 Å². The van der Waals surface area contributed by atoms with Crippen molar-refractivity contribution in [2.45, 2.75) is 120 Å². The average molecular weight is 1850 g/mol. The first kappa shape index (κ1) is 87.6. The van der Waals surface area contributed by atoms with Gasteiger partial charge in [0.2, 0.25) is 37.7 Å². The summed E-state index contributed by atoms with van der Waals surface area (Å²) in [5, 5.41) is 18.3. The second-order valence-corrected chi connectivity index (χ2v) is 33.7. The Morgan fingerprint density at radius 1 is 0.544 bits per heavy atom. The molecule has 0 radical (unpaired) electrons. The fourth-order valence-electron chi connectivity index (χ4n) is 15.5. The van der Waals surface area contributed by atoms with Crippen LogP contribution in [0.3, 0.4) is 0 Å². The van der Waals surface area contributed by atoms with Crippen LogP contribution in [0.15, 0.2) is 107 Å². The van der Waals surface area contributed by atoms with E-state index in [1.807, 2.05) is 9.44 Å². The zero-order chi connectivity index (χ0) is 90.3. The lowest BCUT2D eigenvalue weighted by Gasteiger charge is -2.24. The van der Waals surface area contributed by atoms with Crippen LogP contribution in [0.25, 0.3) is 56.2 Å². The molecule has 4 aliphatic rings. The molecule has 4 aliphatic carbocycles. The maximum Gasteiger partial charge on any atom is 0.408 e. The molecule has 51 heteroatoms. The third kappa shape index (κ3) is 17.7. The van der Waals surface area contributed by atoms with E-state index < -0.39 is 257 Å². The predicted molar refractivity (Wildman–Crippen MR) is 404 cm³/mol. The molecule has 6 atom stereocenters. The van der Waals surface area contributed by atoms with E-state index >= 15 is 17.6 Å². The van der Waals surface area contributed by atoms with Crippen LogP contribution in [0.1, 0.15) is 112 Å². The van der Waals surface area contributed by atoms with E-state index in [2.05, 4.69) is 60.9 Å². The fourth-order valence-corrected chi connectivity index (χ4v) is 17.0. The smallest absolute Gasteiger partial charge is 0.408 e. The number of aryl methyl sites for hydroxylation is 1. The van der Waals surface area contributed by atoms with Crippen LogP contribution in [0.5, 0.6) is 5.88 Å². The molecule has 8 heterocycles. The highest BCUT2D eigenvalue weighted by Gasteiger charge is 2.68. The van der Waals surface area contributed by atoms with Gasteiger partial charge in [-0.25, -0.2) is 76.9 Å². The molecule has 125 heavy (non-hydrogen) atoms. The number of nitrogens with zero attached hydrogens (tertiary/aromatic N) is 16. The van der Waals surface area contributed by atoms with Gasteiger partial charge in [-0.05, 0) is 97.3 Å². The van der Waals surface area contributed by atoms with Crippen molar-refractivity contribution < 1.29 is 110 Å². The molecule has 658 valence electrons. The van der Waals surface area contributed by atoms with Crippen LogP contribution >= 0.6 is 23.2 Å². The lowest BCUT2D eigenvalue weighted by Crippen LogP contribution is -2.38. The normalized spacial score (nSPS) is 17.2. The number of anilines is 2. The summed E-state index contributed by atoms with van der Waals surface area (Å²) in [5.41, 5.74) is -9.47. The van der Waals surface area contributed by atoms with E-state index in [4.69, 9.17) is 27.9 Å². The molecule has 0 saturated heterocycles. The largest absolute Gasteiger partial charge is 0.481 e. The SMILES string of the molecule is COc1ccnc(-c2cc(=O)n(-c3ccc(Cl)c4c(NS(C)(=O)=O)nn(CC(F)(F)F)c34)c([C@H](Cc3cc(F)cc(F)c3)NC(=O)Cn3nc(C(F)F)c4c3C(F)(F)[C@@H]3C[C@H]43)n2)n1.Cc1ccnc(-c2cc(=O)n(-c3ccc(Cl)c4c(NS(C)(=O)=O)nn(CC(F)(F)F)c34)c([C@H](Cc3cc(F)cc(F)c3)NC(=O)Cn3nc(C(F)F)c4c3C(F)(F)[C@@H]3C[C@H]43)n2)n1. The lowest BCUT2D eigenvalue weighted by molar-refractivity contribution is -0.142. The number of hydrogen-bond donors (Lipinski definition) is 4. The van der Waals surface area contributed by atoms with Gasteiger partial charge in [0, 0.05) is 84.2 Å². The molecule has 0 bridgehead atoms. The monoisotopic (exact) mass is 1840 g/mol. The minimum Gasteiger partial charge on any atom is -0.481 e. The van der Waals surface area contributed by atoms with Gasteiger partial charge in [0.15, 0.2) is 23.3 Å². The molecule has 4 aromatic carbocycles. The average Bonchev–Trinajstić information content (AvgIpc) is 1.52. The van der Waals surface area contributed by atoms with Gasteiger partial charge in [-0.3, -0.25) is 56.5 Å². The van der Waals surface area contributed by atoms with E-state index in [-0.39, 0.29) is 74.1 Å². The van der Waals surface area contributed by atoms with Gasteiger partial charge < -0.3 is 15.4 Å². The topological polar surface area (TPSA) is 352 Å². The minimum atomic E-state index is -5.02. The van der Waals surface area contributed by atoms with Crippen LogP contribution in [0.2, 0.25) is 10.0 Å². The van der Waals surface area contributed by atoms with Crippen molar-refractivity contribution in [3.05, 3.63) is 214 Å². The number of methoxy groups -OCH3 is 1. The Morgan fingerprint density at radius 2 is 0.928 bits per heavy atom. The second-order valence-electron chi connectivity index (χ2n) is 29.4. The summed E-state index contributed by atoms with van der Waals surface area (Å²) < 4.78 is 323. The Morgan fingerprint density at radius 3 is 1.29 bits per heavy atom. The zero-order valence-electron chi connectivity index (χ0n) is 63.7. The maximum atomic E-state index is 15.5. The molecule has 8 aromatic heterocycles. The molecule has 16 rings (SSSR count). The molecular weight excluding hydrogens is 1790 g/mol. The summed E-state index contributed by atoms with van der Waals surface area (Å²) in [6, 6.07) is 9.68.